The van der Waals surface area contributed by atoms with Gasteiger partial charge in [0, 0.05) is 29.4 Å². The van der Waals surface area contributed by atoms with Crippen LogP contribution in [0, 0.1) is 0 Å². The normalized spacial score (nSPS) is 12.9. The third kappa shape index (κ3) is 4.00. The molecule has 154 valence electrons. The second-order valence-corrected chi connectivity index (χ2v) is 7.45. The number of pyridine rings is 1. The molecule has 4 rings (SSSR count). The van der Waals surface area contributed by atoms with E-state index in [-0.39, 0.29) is 5.91 Å². The average molecular weight is 403 g/mol. The van der Waals surface area contributed by atoms with E-state index in [1.165, 1.54) is 0 Å². The van der Waals surface area contributed by atoms with Gasteiger partial charge in [-0.05, 0) is 32.3 Å². The first-order chi connectivity index (χ1) is 14.6. The molecule has 1 amide bonds. The Hall–Kier alpha value is -3.38. The zero-order valence-corrected chi connectivity index (χ0v) is 17.5. The van der Waals surface area contributed by atoms with Gasteiger partial charge in [-0.25, -0.2) is 4.98 Å². The molecule has 2 heterocycles. The van der Waals surface area contributed by atoms with Crippen molar-refractivity contribution in [3.8, 4) is 22.8 Å². The third-order valence-electron chi connectivity index (χ3n) is 5.08. The number of nitrogens with zero attached hydrogens (tertiary/aromatic N) is 3. The maximum Gasteiger partial charge on any atom is 0.277 e. The molecular weight excluding hydrogens is 378 g/mol. The Kier molecular flexibility index (Phi) is 5.68. The van der Waals surface area contributed by atoms with Crippen LogP contribution < -0.4 is 14.4 Å². The summed E-state index contributed by atoms with van der Waals surface area (Å²) >= 11 is 0. The van der Waals surface area contributed by atoms with Crippen LogP contribution in [0.1, 0.15) is 16.1 Å². The van der Waals surface area contributed by atoms with Crippen LogP contribution in [0.3, 0.4) is 0 Å². The molecule has 1 aliphatic heterocycles. The van der Waals surface area contributed by atoms with Crippen LogP contribution in [-0.4, -0.2) is 50.1 Å². The maximum atomic E-state index is 13.1. The van der Waals surface area contributed by atoms with Crippen molar-refractivity contribution in [3.63, 3.8) is 0 Å². The lowest BCUT2D eigenvalue weighted by molar-refractivity contribution is 0.0992. The Morgan fingerprint density at radius 2 is 1.83 bits per heavy atom. The Balaban J connectivity index is 1.56. The van der Waals surface area contributed by atoms with Crippen LogP contribution in [0.2, 0.25) is 0 Å². The van der Waals surface area contributed by atoms with Crippen molar-refractivity contribution in [1.82, 2.24) is 9.88 Å². The first kappa shape index (κ1) is 19.9. The molecule has 1 aliphatic rings. The number of hydrogen-bond donors (Lipinski definition) is 0. The fourth-order valence-electron chi connectivity index (χ4n) is 3.43. The first-order valence-corrected chi connectivity index (χ1v) is 9.89. The molecular formula is C24H25N3O3. The third-order valence-corrected chi connectivity index (χ3v) is 5.08. The fourth-order valence-corrected chi connectivity index (χ4v) is 3.43. The fraction of sp³-hybridized carbons (Fsp3) is 0.250. The van der Waals surface area contributed by atoms with Crippen LogP contribution >= 0.6 is 0 Å². The van der Waals surface area contributed by atoms with Gasteiger partial charge >= 0.3 is 0 Å². The van der Waals surface area contributed by atoms with Gasteiger partial charge in [-0.2, -0.15) is 0 Å². The second kappa shape index (κ2) is 8.55. The summed E-state index contributed by atoms with van der Waals surface area (Å²) in [5, 5.41) is 0. The zero-order valence-electron chi connectivity index (χ0n) is 17.5. The number of anilines is 1. The zero-order chi connectivity index (χ0) is 21.1. The van der Waals surface area contributed by atoms with Gasteiger partial charge in [-0.3, -0.25) is 4.79 Å². The van der Waals surface area contributed by atoms with E-state index in [1.807, 2.05) is 74.8 Å². The lowest BCUT2D eigenvalue weighted by Crippen LogP contribution is -2.23. The number of rotatable bonds is 7. The number of hydrogen-bond acceptors (Lipinski definition) is 5. The molecule has 1 aromatic heterocycles. The molecule has 0 N–H and O–H groups in total. The number of likely N-dealkylation sites (N-methyl/N-ethyl adjacent to an activating group) is 1. The van der Waals surface area contributed by atoms with Crippen LogP contribution in [0.25, 0.3) is 11.3 Å². The van der Waals surface area contributed by atoms with Gasteiger partial charge in [-0.1, -0.05) is 36.4 Å². The van der Waals surface area contributed by atoms with Crippen molar-refractivity contribution in [2.75, 3.05) is 39.3 Å². The summed E-state index contributed by atoms with van der Waals surface area (Å²) in [6.07, 6.45) is 0. The molecule has 0 unspecified atom stereocenters. The largest absolute Gasteiger partial charge is 0.493 e. The standard InChI is InChI=1S/C24H25N3O3/c1-26(2)13-14-30-21-12-10-19(15-22(21)29-3)27-16-18-9-11-20(25-23(18)24(27)28)17-7-5-4-6-8-17/h4-12,15H,13-14,16H2,1-3H3. The van der Waals surface area contributed by atoms with Gasteiger partial charge in [0.2, 0.25) is 0 Å². The van der Waals surface area contributed by atoms with Crippen molar-refractivity contribution in [2.45, 2.75) is 6.54 Å². The highest BCUT2D eigenvalue weighted by molar-refractivity contribution is 6.09. The number of benzene rings is 2. The Labute approximate surface area is 176 Å². The molecule has 0 saturated carbocycles. The number of carbonyl (C=O) groups excluding carboxylic acids is 1. The minimum Gasteiger partial charge on any atom is -0.493 e. The highest BCUT2D eigenvalue weighted by Crippen LogP contribution is 2.35. The summed E-state index contributed by atoms with van der Waals surface area (Å²) in [5.74, 6) is 1.16. The van der Waals surface area contributed by atoms with Gasteiger partial charge in [0.15, 0.2) is 11.5 Å². The quantitative estimate of drug-likeness (QED) is 0.600. The topological polar surface area (TPSA) is 54.9 Å². The van der Waals surface area contributed by atoms with Gasteiger partial charge in [0.25, 0.3) is 5.91 Å². The number of methoxy groups -OCH3 is 1. The molecule has 30 heavy (non-hydrogen) atoms. The minimum atomic E-state index is -0.105. The van der Waals surface area contributed by atoms with Gasteiger partial charge in [0.05, 0.1) is 19.3 Å². The van der Waals surface area contributed by atoms with E-state index in [9.17, 15) is 4.79 Å². The number of aromatic nitrogens is 1. The summed E-state index contributed by atoms with van der Waals surface area (Å²) in [7, 11) is 5.60. The van der Waals surface area contributed by atoms with Crippen LogP contribution in [0.5, 0.6) is 11.5 Å². The summed E-state index contributed by atoms with van der Waals surface area (Å²) < 4.78 is 11.3. The van der Waals surface area contributed by atoms with Crippen LogP contribution in [0.15, 0.2) is 60.7 Å². The van der Waals surface area contributed by atoms with Gasteiger partial charge < -0.3 is 19.3 Å². The molecule has 0 saturated heterocycles. The number of amides is 1. The van der Waals surface area contributed by atoms with Crippen molar-refractivity contribution in [1.29, 1.82) is 0 Å². The lowest BCUT2D eigenvalue weighted by atomic mass is 10.1. The molecule has 0 fully saturated rings. The summed E-state index contributed by atoms with van der Waals surface area (Å²) in [4.78, 5) is 21.5. The highest BCUT2D eigenvalue weighted by atomic mass is 16.5. The molecule has 6 heteroatoms. The van der Waals surface area contributed by atoms with E-state index in [4.69, 9.17) is 9.47 Å². The average Bonchev–Trinajstić information content (AvgIpc) is 3.10. The van der Waals surface area contributed by atoms with E-state index in [2.05, 4.69) is 9.88 Å². The predicted molar refractivity (Wildman–Crippen MR) is 117 cm³/mol. The van der Waals surface area contributed by atoms with E-state index in [0.717, 1.165) is 29.1 Å². The first-order valence-electron chi connectivity index (χ1n) is 9.89. The molecule has 0 aliphatic carbocycles. The SMILES string of the molecule is COc1cc(N2Cc3ccc(-c4ccccc4)nc3C2=O)ccc1OCCN(C)C. The van der Waals surface area contributed by atoms with E-state index < -0.39 is 0 Å². The molecule has 0 radical (unpaired) electrons. The van der Waals surface area contributed by atoms with Crippen LogP contribution in [-0.2, 0) is 6.54 Å². The Morgan fingerprint density at radius 3 is 2.57 bits per heavy atom. The summed E-state index contributed by atoms with van der Waals surface area (Å²) in [6, 6.07) is 19.4. The van der Waals surface area contributed by atoms with E-state index >= 15 is 0 Å². The second-order valence-electron chi connectivity index (χ2n) is 7.45. The summed E-state index contributed by atoms with van der Waals surface area (Å²) in [6.45, 7) is 1.85. The summed E-state index contributed by atoms with van der Waals surface area (Å²) in [5.41, 5.74) is 3.97. The number of fused-ring (bicyclic) bond motifs is 1. The number of carbonyl (C=O) groups is 1. The smallest absolute Gasteiger partial charge is 0.277 e. The minimum absolute atomic E-state index is 0.105. The van der Waals surface area contributed by atoms with Crippen molar-refractivity contribution in [2.24, 2.45) is 0 Å². The molecule has 3 aromatic rings. The molecule has 0 bridgehead atoms. The number of ether oxygens (including phenoxy) is 2. The lowest BCUT2D eigenvalue weighted by Gasteiger charge is -2.18. The maximum absolute atomic E-state index is 13.1. The molecule has 0 spiro atoms. The molecule has 6 nitrogen and oxygen atoms in total. The van der Waals surface area contributed by atoms with E-state index in [1.54, 1.807) is 12.0 Å². The van der Waals surface area contributed by atoms with Crippen molar-refractivity contribution in [3.05, 3.63) is 71.9 Å². The van der Waals surface area contributed by atoms with E-state index in [0.29, 0.717) is 30.3 Å². The van der Waals surface area contributed by atoms with Gasteiger partial charge in [0.1, 0.15) is 12.3 Å². The molecule has 0 atom stereocenters. The molecule has 2 aromatic carbocycles. The van der Waals surface area contributed by atoms with Crippen LogP contribution in [0.4, 0.5) is 5.69 Å². The highest BCUT2D eigenvalue weighted by Gasteiger charge is 2.31. The Bertz CT molecular complexity index is 1050. The monoisotopic (exact) mass is 403 g/mol. The van der Waals surface area contributed by atoms with Crippen molar-refractivity contribution >= 4 is 11.6 Å². The Morgan fingerprint density at radius 1 is 1.03 bits per heavy atom. The van der Waals surface area contributed by atoms with Gasteiger partial charge in [-0.15, -0.1) is 0 Å². The van der Waals surface area contributed by atoms with Crippen molar-refractivity contribution < 1.29 is 14.3 Å². The predicted octanol–water partition coefficient (Wildman–Crippen LogP) is 3.86.